The van der Waals surface area contributed by atoms with Crippen LogP contribution in [-0.2, 0) is 40.6 Å². The molecule has 22 heteroatoms. The Balaban J connectivity index is 1.23. The van der Waals surface area contributed by atoms with Gasteiger partial charge in [0.25, 0.3) is 11.8 Å². The molecular formula is C41H38FN9O10S2. The molecule has 0 aliphatic carbocycles. The molecule has 19 nitrogen and oxygen atoms in total. The van der Waals surface area contributed by atoms with Gasteiger partial charge in [0.1, 0.15) is 22.9 Å². The second-order valence-electron chi connectivity index (χ2n) is 14.2. The Bertz CT molecular complexity index is 2540. The molecule has 2 saturated heterocycles. The third kappa shape index (κ3) is 8.45. The highest BCUT2D eigenvalue weighted by atomic mass is 32.2. The topological polar surface area (TPSA) is 243 Å². The minimum Gasteiger partial charge on any atom is -0.488 e. The molecule has 0 saturated carbocycles. The first-order valence-corrected chi connectivity index (χ1v) is 21.3. The number of piperazine rings is 1. The van der Waals surface area contributed by atoms with Gasteiger partial charge >= 0.3 is 29.4 Å². The van der Waals surface area contributed by atoms with Crippen LogP contribution in [0.1, 0.15) is 35.8 Å². The van der Waals surface area contributed by atoms with Crippen molar-refractivity contribution < 1.29 is 47.8 Å². The number of hydrogen-bond acceptors (Lipinski definition) is 14. The summed E-state index contributed by atoms with van der Waals surface area (Å²) in [6.45, 7) is 1.65. The van der Waals surface area contributed by atoms with E-state index in [1.807, 2.05) is 0 Å². The molecule has 2 fully saturated rings. The summed E-state index contributed by atoms with van der Waals surface area (Å²) < 4.78 is 22.7. The van der Waals surface area contributed by atoms with E-state index in [9.17, 15) is 43.5 Å². The Labute approximate surface area is 366 Å². The molecule has 7 rings (SSSR count). The second-order valence-corrected chi connectivity index (χ2v) is 16.2. The van der Waals surface area contributed by atoms with Crippen molar-refractivity contribution in [2.24, 2.45) is 7.05 Å². The average molecular weight is 900 g/mol. The summed E-state index contributed by atoms with van der Waals surface area (Å²) in [5.41, 5.74) is -2.20. The smallest absolute Gasteiger partial charge is 0.356 e. The number of esters is 1. The molecule has 4 heterocycles. The number of carbonyl (C=O) groups excluding carboxylic acids is 7. The maximum Gasteiger partial charge on any atom is 0.356 e. The number of aromatic hydroxyl groups is 1. The third-order valence-corrected chi connectivity index (χ3v) is 13.0. The fourth-order valence-electron chi connectivity index (χ4n) is 7.19. The van der Waals surface area contributed by atoms with Gasteiger partial charge in [-0.1, -0.05) is 90.6 Å². The number of nitrogens with one attached hydrogen (secondary N) is 3. The molecule has 3 aromatic carbocycles. The first-order valence-electron chi connectivity index (χ1n) is 19.2. The standard InChI is InChI=1S/C41H38FN9O10S2/c1-3-49-18-19-50(35(57)34(49)56)39(60)44-28(26-16-10-11-17-27(26)42)31(53)45-41(43-22-52)37(59)51-29(25(20-62-38(41)51)21-63-40-47-46-32(54)33(55)48(40)2)36(58)61-30(23-12-6-4-7-13-23)24-14-8-5-9-15-24/h4-17,22,28,30,38H,3,18-21H2,1-2H3,(H,43,52)(H,44,60)(H,45,53)(H,46,54)/t28?,38-,41-/m1/s1. The van der Waals surface area contributed by atoms with Crippen LogP contribution in [0.5, 0.6) is 5.88 Å². The Morgan fingerprint density at radius 1 is 0.968 bits per heavy atom. The van der Waals surface area contributed by atoms with Crippen LogP contribution in [0.15, 0.2) is 106 Å². The van der Waals surface area contributed by atoms with E-state index in [0.717, 1.165) is 39.1 Å². The van der Waals surface area contributed by atoms with Crippen LogP contribution >= 0.6 is 23.5 Å². The average Bonchev–Trinajstić information content (AvgIpc) is 3.29. The Morgan fingerprint density at radius 3 is 2.25 bits per heavy atom. The fourth-order valence-corrected chi connectivity index (χ4v) is 9.66. The van der Waals surface area contributed by atoms with Crippen molar-refractivity contribution in [3.05, 3.63) is 129 Å². The largest absolute Gasteiger partial charge is 0.488 e. The van der Waals surface area contributed by atoms with Crippen molar-refractivity contribution in [2.75, 3.05) is 31.1 Å². The van der Waals surface area contributed by atoms with E-state index in [0.29, 0.717) is 21.6 Å². The molecule has 326 valence electrons. The van der Waals surface area contributed by atoms with Crippen molar-refractivity contribution >= 4 is 65.6 Å². The fraction of sp³-hybridized carbons (Fsp3) is 0.268. The molecule has 3 aliphatic heterocycles. The summed E-state index contributed by atoms with van der Waals surface area (Å²) in [6.07, 6.45) is -0.813. The molecule has 3 atom stereocenters. The van der Waals surface area contributed by atoms with Crippen LogP contribution in [0.3, 0.4) is 0 Å². The van der Waals surface area contributed by atoms with Crippen LogP contribution in [0.4, 0.5) is 9.18 Å². The molecule has 0 bridgehead atoms. The number of fused-ring (bicyclic) bond motifs is 1. The summed E-state index contributed by atoms with van der Waals surface area (Å²) in [6, 6.07) is 19.5. The third-order valence-electron chi connectivity index (χ3n) is 10.5. The SMILES string of the molecule is CCN1CCN(C(=O)NC(C(=O)N[C@]2(NC=O)C(=O)N3C(C(=O)OC(c4ccccc4)c4ccccc4)=C(CSc4nnc(O)c(=O)n4C)CS[C@@H]32)c2ccccc2F)C(=O)C1=O. The lowest BCUT2D eigenvalue weighted by molar-refractivity contribution is -0.164. The van der Waals surface area contributed by atoms with Gasteiger partial charge in [-0.15, -0.1) is 22.0 Å². The number of urea groups is 1. The van der Waals surface area contributed by atoms with Gasteiger partial charge in [0.15, 0.2) is 11.3 Å². The quantitative estimate of drug-likeness (QED) is 0.0349. The van der Waals surface area contributed by atoms with Gasteiger partial charge < -0.3 is 30.7 Å². The van der Waals surface area contributed by atoms with Crippen molar-refractivity contribution in [3.8, 4) is 5.88 Å². The van der Waals surface area contributed by atoms with Crippen LogP contribution in [-0.4, -0.2) is 119 Å². The number of ether oxygens (including phenoxy) is 1. The Hall–Kier alpha value is -7.07. The van der Waals surface area contributed by atoms with E-state index < -0.39 is 76.1 Å². The van der Waals surface area contributed by atoms with Crippen molar-refractivity contribution in [1.82, 2.24) is 45.4 Å². The Morgan fingerprint density at radius 2 is 1.62 bits per heavy atom. The second kappa shape index (κ2) is 18.5. The van der Waals surface area contributed by atoms with Gasteiger partial charge in [-0.25, -0.2) is 14.0 Å². The van der Waals surface area contributed by atoms with Gasteiger partial charge in [0.05, 0.1) is 0 Å². The number of carbonyl (C=O) groups is 7. The maximum absolute atomic E-state index is 15.4. The van der Waals surface area contributed by atoms with Gasteiger partial charge in [0, 0.05) is 43.8 Å². The lowest BCUT2D eigenvalue weighted by atomic mass is 9.94. The van der Waals surface area contributed by atoms with Crippen LogP contribution in [0, 0.1) is 5.82 Å². The highest BCUT2D eigenvalue weighted by Gasteiger charge is 2.66. The zero-order valence-corrected chi connectivity index (χ0v) is 35.1. The van der Waals surface area contributed by atoms with Crippen molar-refractivity contribution in [2.45, 2.75) is 35.3 Å². The molecule has 0 radical (unpaired) electrons. The lowest BCUT2D eigenvalue weighted by Gasteiger charge is -2.56. The molecule has 3 aliphatic rings. The number of benzene rings is 3. The van der Waals surface area contributed by atoms with E-state index in [1.54, 1.807) is 67.6 Å². The number of hydrogen-bond donors (Lipinski definition) is 4. The van der Waals surface area contributed by atoms with Crippen LogP contribution in [0.2, 0.25) is 0 Å². The summed E-state index contributed by atoms with van der Waals surface area (Å²) in [4.78, 5) is 110. The van der Waals surface area contributed by atoms with Crippen molar-refractivity contribution in [3.63, 3.8) is 0 Å². The van der Waals surface area contributed by atoms with Gasteiger partial charge in [0.2, 0.25) is 18.0 Å². The van der Waals surface area contributed by atoms with E-state index in [2.05, 4.69) is 26.1 Å². The van der Waals surface area contributed by atoms with Crippen LogP contribution < -0.4 is 21.5 Å². The normalized spacial score (nSPS) is 19.0. The number of amides is 7. The minimum atomic E-state index is -2.29. The monoisotopic (exact) mass is 899 g/mol. The molecule has 7 amide bonds. The summed E-state index contributed by atoms with van der Waals surface area (Å²) in [5, 5.41) is 23.1. The number of likely N-dealkylation sites (N-methyl/N-ethyl adjacent to an activating group) is 1. The summed E-state index contributed by atoms with van der Waals surface area (Å²) >= 11 is 2.00. The van der Waals surface area contributed by atoms with Gasteiger partial charge in [-0.3, -0.25) is 43.1 Å². The minimum absolute atomic E-state index is 0.0113. The number of imide groups is 1. The molecular weight excluding hydrogens is 862 g/mol. The van der Waals surface area contributed by atoms with E-state index >= 15 is 4.39 Å². The number of β-lactam (4-membered cyclic amide) rings is 1. The first-order chi connectivity index (χ1) is 30.3. The van der Waals surface area contributed by atoms with Gasteiger partial charge in [-0.05, 0) is 29.7 Å². The van der Waals surface area contributed by atoms with Crippen LogP contribution in [0.25, 0.3) is 0 Å². The molecule has 4 N–H and O–H groups in total. The number of rotatable bonds is 14. The first kappa shape index (κ1) is 44.0. The van der Waals surface area contributed by atoms with E-state index in [1.165, 1.54) is 30.1 Å². The van der Waals surface area contributed by atoms with E-state index in [4.69, 9.17) is 4.74 Å². The molecule has 63 heavy (non-hydrogen) atoms. The van der Waals surface area contributed by atoms with E-state index in [-0.39, 0.29) is 54.0 Å². The highest BCUT2D eigenvalue weighted by molar-refractivity contribution is 8.01. The number of halogens is 1. The Kier molecular flexibility index (Phi) is 12.9. The molecule has 0 spiro atoms. The van der Waals surface area contributed by atoms with Gasteiger partial charge in [-0.2, -0.15) is 0 Å². The predicted molar refractivity (Wildman–Crippen MR) is 222 cm³/mol. The number of nitrogens with zero attached hydrogens (tertiary/aromatic N) is 6. The zero-order valence-electron chi connectivity index (χ0n) is 33.4. The van der Waals surface area contributed by atoms with Crippen molar-refractivity contribution in [1.29, 1.82) is 0 Å². The predicted octanol–water partition coefficient (Wildman–Crippen LogP) is 1.31. The highest BCUT2D eigenvalue weighted by Crippen LogP contribution is 2.47. The number of aromatic nitrogens is 3. The number of thioether (sulfide) groups is 2. The molecule has 4 aromatic rings. The zero-order chi connectivity index (χ0) is 45.0. The molecule has 1 unspecified atom stereocenters. The summed E-state index contributed by atoms with van der Waals surface area (Å²) in [5.74, 6) is -7.13. The lowest BCUT2D eigenvalue weighted by Crippen LogP contribution is -2.85. The molecule has 1 aromatic heterocycles. The maximum atomic E-state index is 15.4. The summed E-state index contributed by atoms with van der Waals surface area (Å²) in [7, 11) is 1.36.